The van der Waals surface area contributed by atoms with E-state index in [0.717, 1.165) is 37.2 Å². The Morgan fingerprint density at radius 3 is 2.58 bits per heavy atom. The Morgan fingerprint density at radius 2 is 1.88 bits per heavy atom. The standard InChI is InChI=1S/C26H29FN2O4/c1-3-28(4-2)13-14-29-23(17-7-10-20(27)11-8-17)22(25(31)26(29)32)24(30)19-9-12-21-18(16-19)6-5-15-33-21/h7-12,16,23,30H,3-6,13-15H2,1-2H3/b24-22-. The monoisotopic (exact) mass is 452 g/mol. The summed E-state index contributed by atoms with van der Waals surface area (Å²) < 4.78 is 19.3. The number of fused-ring (bicyclic) bond motifs is 1. The molecule has 0 radical (unpaired) electrons. The van der Waals surface area contributed by atoms with Crippen molar-refractivity contribution >= 4 is 17.4 Å². The lowest BCUT2D eigenvalue weighted by molar-refractivity contribution is -0.140. The number of carbonyl (C=O) groups is 2. The first-order valence-electron chi connectivity index (χ1n) is 11.5. The molecule has 0 spiro atoms. The van der Waals surface area contributed by atoms with Crippen LogP contribution in [-0.2, 0) is 16.0 Å². The predicted molar refractivity (Wildman–Crippen MR) is 123 cm³/mol. The van der Waals surface area contributed by atoms with Crippen molar-refractivity contribution in [2.24, 2.45) is 0 Å². The number of halogens is 1. The largest absolute Gasteiger partial charge is 0.507 e. The molecular weight excluding hydrogens is 423 g/mol. The van der Waals surface area contributed by atoms with Crippen molar-refractivity contribution in [1.82, 2.24) is 9.80 Å². The highest BCUT2D eigenvalue weighted by Gasteiger charge is 2.46. The Kier molecular flexibility index (Phi) is 6.79. The number of hydrogen-bond donors (Lipinski definition) is 1. The van der Waals surface area contributed by atoms with E-state index in [1.165, 1.54) is 17.0 Å². The van der Waals surface area contributed by atoms with Gasteiger partial charge in [0.15, 0.2) is 0 Å². The Balaban J connectivity index is 1.78. The maximum atomic E-state index is 13.6. The highest BCUT2D eigenvalue weighted by molar-refractivity contribution is 6.46. The van der Waals surface area contributed by atoms with Gasteiger partial charge < -0.3 is 19.6 Å². The lowest BCUT2D eigenvalue weighted by atomic mass is 9.94. The number of aliphatic hydroxyl groups excluding tert-OH is 1. The maximum absolute atomic E-state index is 13.6. The molecule has 7 heteroatoms. The SMILES string of the molecule is CCN(CC)CCN1C(=O)C(=O)/C(=C(\O)c2ccc3c(c2)CCCO3)C1c1ccc(F)cc1. The summed E-state index contributed by atoms with van der Waals surface area (Å²) in [6.07, 6.45) is 1.69. The van der Waals surface area contributed by atoms with E-state index in [9.17, 15) is 19.1 Å². The van der Waals surface area contributed by atoms with Crippen LogP contribution in [0.2, 0.25) is 0 Å². The predicted octanol–water partition coefficient (Wildman–Crippen LogP) is 3.91. The Hall–Kier alpha value is -3.19. The molecule has 0 saturated carbocycles. The van der Waals surface area contributed by atoms with Crippen LogP contribution in [0, 0.1) is 5.82 Å². The van der Waals surface area contributed by atoms with Gasteiger partial charge in [-0.1, -0.05) is 26.0 Å². The van der Waals surface area contributed by atoms with Crippen molar-refractivity contribution in [3.05, 3.63) is 70.5 Å². The molecule has 2 aliphatic rings. The second-order valence-electron chi connectivity index (χ2n) is 8.35. The molecule has 1 N–H and O–H groups in total. The topological polar surface area (TPSA) is 70.1 Å². The first kappa shape index (κ1) is 23.0. The fourth-order valence-corrected chi connectivity index (χ4v) is 4.55. The van der Waals surface area contributed by atoms with E-state index in [0.29, 0.717) is 30.8 Å². The smallest absolute Gasteiger partial charge is 0.295 e. The molecule has 2 aliphatic heterocycles. The number of rotatable bonds is 7. The molecule has 1 unspecified atom stereocenters. The molecule has 1 amide bonds. The van der Waals surface area contributed by atoms with Crippen molar-refractivity contribution in [1.29, 1.82) is 0 Å². The van der Waals surface area contributed by atoms with Crippen LogP contribution >= 0.6 is 0 Å². The molecule has 1 fully saturated rings. The van der Waals surface area contributed by atoms with Crippen LogP contribution in [0.1, 0.15) is 43.0 Å². The number of aryl methyl sites for hydroxylation is 1. The zero-order chi connectivity index (χ0) is 23.5. The number of benzene rings is 2. The molecule has 1 saturated heterocycles. The van der Waals surface area contributed by atoms with Crippen LogP contribution in [0.4, 0.5) is 4.39 Å². The van der Waals surface area contributed by atoms with Gasteiger partial charge in [-0.05, 0) is 67.4 Å². The van der Waals surface area contributed by atoms with Gasteiger partial charge in [-0.3, -0.25) is 9.59 Å². The Bertz CT molecular complexity index is 1080. The van der Waals surface area contributed by atoms with Crippen molar-refractivity contribution < 1.29 is 23.8 Å². The van der Waals surface area contributed by atoms with Crippen LogP contribution in [0.25, 0.3) is 5.76 Å². The van der Waals surface area contributed by atoms with Crippen LogP contribution in [0.3, 0.4) is 0 Å². The van der Waals surface area contributed by atoms with Crippen LogP contribution in [-0.4, -0.2) is 59.4 Å². The van der Waals surface area contributed by atoms with Crippen LogP contribution in [0.5, 0.6) is 5.75 Å². The van der Waals surface area contributed by atoms with E-state index >= 15 is 0 Å². The highest BCUT2D eigenvalue weighted by Crippen LogP contribution is 2.40. The van der Waals surface area contributed by atoms with Gasteiger partial charge in [0.1, 0.15) is 17.3 Å². The van der Waals surface area contributed by atoms with Gasteiger partial charge in [-0.2, -0.15) is 0 Å². The second-order valence-corrected chi connectivity index (χ2v) is 8.35. The maximum Gasteiger partial charge on any atom is 0.295 e. The number of carbonyl (C=O) groups excluding carboxylic acids is 2. The Morgan fingerprint density at radius 1 is 1.15 bits per heavy atom. The molecule has 0 bridgehead atoms. The summed E-state index contributed by atoms with van der Waals surface area (Å²) >= 11 is 0. The fourth-order valence-electron chi connectivity index (χ4n) is 4.55. The highest BCUT2D eigenvalue weighted by atomic mass is 19.1. The lowest BCUT2D eigenvalue weighted by Crippen LogP contribution is -2.38. The van der Waals surface area contributed by atoms with Gasteiger partial charge in [0.05, 0.1) is 18.2 Å². The zero-order valence-electron chi connectivity index (χ0n) is 19.0. The van der Waals surface area contributed by atoms with Gasteiger partial charge in [0.25, 0.3) is 11.7 Å². The quantitative estimate of drug-likeness (QED) is 0.392. The average molecular weight is 453 g/mol. The molecule has 0 aromatic heterocycles. The van der Waals surface area contributed by atoms with Gasteiger partial charge in [-0.25, -0.2) is 4.39 Å². The molecule has 1 atom stereocenters. The molecule has 2 heterocycles. The van der Waals surface area contributed by atoms with Crippen molar-refractivity contribution in [2.75, 3.05) is 32.8 Å². The molecule has 4 rings (SSSR count). The van der Waals surface area contributed by atoms with E-state index in [4.69, 9.17) is 4.74 Å². The number of Topliss-reactive ketones (excluding diaryl/α,β-unsaturated/α-hetero) is 1. The van der Waals surface area contributed by atoms with Crippen molar-refractivity contribution in [3.63, 3.8) is 0 Å². The fraction of sp³-hybridized carbons (Fsp3) is 0.385. The molecule has 174 valence electrons. The summed E-state index contributed by atoms with van der Waals surface area (Å²) in [7, 11) is 0. The summed E-state index contributed by atoms with van der Waals surface area (Å²) in [5.74, 6) is -1.24. The normalized spacial score (nSPS) is 19.6. The number of amides is 1. The number of likely N-dealkylation sites (N-methyl/N-ethyl adjacent to an activating group) is 1. The van der Waals surface area contributed by atoms with Crippen LogP contribution < -0.4 is 4.74 Å². The van der Waals surface area contributed by atoms with E-state index in [1.54, 1.807) is 24.3 Å². The Labute approximate surface area is 193 Å². The first-order chi connectivity index (χ1) is 15.9. The van der Waals surface area contributed by atoms with Crippen LogP contribution in [0.15, 0.2) is 48.0 Å². The summed E-state index contributed by atoms with van der Waals surface area (Å²) in [5, 5.41) is 11.2. The minimum absolute atomic E-state index is 0.0304. The zero-order valence-corrected chi connectivity index (χ0v) is 19.0. The van der Waals surface area contributed by atoms with Gasteiger partial charge in [0, 0.05) is 18.7 Å². The third-order valence-electron chi connectivity index (χ3n) is 6.46. The summed E-state index contributed by atoms with van der Waals surface area (Å²) in [4.78, 5) is 29.8. The number of ether oxygens (including phenoxy) is 1. The second kappa shape index (κ2) is 9.75. The molecule has 2 aromatic carbocycles. The molecule has 33 heavy (non-hydrogen) atoms. The number of ketones is 1. The number of hydrogen-bond acceptors (Lipinski definition) is 5. The van der Waals surface area contributed by atoms with Crippen molar-refractivity contribution in [2.45, 2.75) is 32.7 Å². The number of likely N-dealkylation sites (tertiary alicyclic amines) is 1. The molecule has 0 aliphatic carbocycles. The summed E-state index contributed by atoms with van der Waals surface area (Å²) in [6.45, 7) is 7.28. The van der Waals surface area contributed by atoms with Crippen molar-refractivity contribution in [3.8, 4) is 5.75 Å². The van der Waals surface area contributed by atoms with Gasteiger partial charge in [-0.15, -0.1) is 0 Å². The third kappa shape index (κ3) is 4.50. The average Bonchev–Trinajstić information content (AvgIpc) is 3.09. The minimum atomic E-state index is -0.784. The minimum Gasteiger partial charge on any atom is -0.507 e. The van der Waals surface area contributed by atoms with E-state index in [-0.39, 0.29) is 11.3 Å². The molecule has 6 nitrogen and oxygen atoms in total. The summed E-state index contributed by atoms with van der Waals surface area (Å²) in [5.41, 5.74) is 2.04. The van der Waals surface area contributed by atoms with Gasteiger partial charge >= 0.3 is 0 Å². The third-order valence-corrected chi connectivity index (χ3v) is 6.46. The molecular formula is C26H29FN2O4. The van der Waals surface area contributed by atoms with E-state index < -0.39 is 23.5 Å². The number of aliphatic hydroxyl groups is 1. The number of nitrogens with zero attached hydrogens (tertiary/aromatic N) is 2. The van der Waals surface area contributed by atoms with E-state index in [1.807, 2.05) is 19.9 Å². The molecule has 2 aromatic rings. The van der Waals surface area contributed by atoms with Gasteiger partial charge in [0.2, 0.25) is 0 Å². The lowest BCUT2D eigenvalue weighted by Gasteiger charge is -2.28. The van der Waals surface area contributed by atoms with E-state index in [2.05, 4.69) is 4.90 Å². The summed E-state index contributed by atoms with van der Waals surface area (Å²) in [6, 6.07) is 10.2. The first-order valence-corrected chi connectivity index (χ1v) is 11.5.